The lowest BCUT2D eigenvalue weighted by molar-refractivity contribution is 1.31. The van der Waals surface area contributed by atoms with E-state index in [4.69, 9.17) is 0 Å². The monoisotopic (exact) mass is 251 g/mol. The molecule has 0 aliphatic heterocycles. The zero-order chi connectivity index (χ0) is 11.9. The van der Waals surface area contributed by atoms with Crippen molar-refractivity contribution >= 4 is 32.6 Å². The van der Waals surface area contributed by atoms with Gasteiger partial charge in [0.1, 0.15) is 10.7 Å². The van der Waals surface area contributed by atoms with Crippen LogP contribution in [-0.4, -0.2) is 15.0 Å². The fourth-order valence-electron chi connectivity index (χ4n) is 2.08. The van der Waals surface area contributed by atoms with Crippen molar-refractivity contribution in [2.75, 3.05) is 0 Å². The van der Waals surface area contributed by atoms with Crippen LogP contribution < -0.4 is 0 Å². The van der Waals surface area contributed by atoms with Gasteiger partial charge in [-0.05, 0) is 29.6 Å². The molecule has 0 spiro atoms. The maximum absolute atomic E-state index is 4.58. The van der Waals surface area contributed by atoms with E-state index in [2.05, 4.69) is 32.5 Å². The molecule has 4 aromatic rings. The van der Waals surface area contributed by atoms with Crippen LogP contribution in [-0.2, 0) is 0 Å². The minimum absolute atomic E-state index is 0.872. The minimum atomic E-state index is 0.872. The van der Waals surface area contributed by atoms with E-state index in [-0.39, 0.29) is 0 Å². The third-order valence-electron chi connectivity index (χ3n) is 2.97. The number of para-hydroxylation sites is 2. The average molecular weight is 251 g/mol. The predicted molar refractivity (Wildman–Crippen MR) is 74.7 cm³/mol. The van der Waals surface area contributed by atoms with E-state index in [9.17, 15) is 0 Å². The Hall–Kier alpha value is -2.20. The van der Waals surface area contributed by atoms with Gasteiger partial charge in [-0.15, -0.1) is 11.3 Å². The summed E-state index contributed by atoms with van der Waals surface area (Å²) in [5, 5.41) is 3.22. The van der Waals surface area contributed by atoms with E-state index >= 15 is 0 Å². The third kappa shape index (κ3) is 1.43. The molecule has 1 N–H and O–H groups in total. The molecule has 86 valence electrons. The van der Waals surface area contributed by atoms with E-state index < -0.39 is 0 Å². The van der Waals surface area contributed by atoms with Crippen molar-refractivity contribution in [2.45, 2.75) is 0 Å². The number of fused-ring (bicyclic) bond motifs is 2. The second-order valence-electron chi connectivity index (χ2n) is 4.14. The zero-order valence-electron chi connectivity index (χ0n) is 9.42. The molecule has 0 amide bonds. The van der Waals surface area contributed by atoms with Crippen molar-refractivity contribution in [1.29, 1.82) is 0 Å². The quantitative estimate of drug-likeness (QED) is 0.558. The summed E-state index contributed by atoms with van der Waals surface area (Å²) in [6.45, 7) is 0. The van der Waals surface area contributed by atoms with Crippen LogP contribution in [0.15, 0.2) is 48.0 Å². The number of aromatic nitrogens is 3. The van der Waals surface area contributed by atoms with Crippen LogP contribution in [0.4, 0.5) is 0 Å². The molecule has 3 heterocycles. The van der Waals surface area contributed by atoms with Gasteiger partial charge in [-0.1, -0.05) is 12.1 Å². The van der Waals surface area contributed by atoms with Gasteiger partial charge in [-0.25, -0.2) is 9.97 Å². The summed E-state index contributed by atoms with van der Waals surface area (Å²) in [6, 6.07) is 12.2. The number of H-pyrrole nitrogens is 1. The minimum Gasteiger partial charge on any atom is -0.338 e. The van der Waals surface area contributed by atoms with Crippen LogP contribution in [0.25, 0.3) is 32.6 Å². The van der Waals surface area contributed by atoms with Crippen molar-refractivity contribution < 1.29 is 0 Å². The topological polar surface area (TPSA) is 41.6 Å². The standard InChI is InChI=1S/C14H9N3S/c1-2-4-12-11(3-1)16-13(17-12)10-7-9-5-6-18-14(9)15-8-10/h1-8H,(H,16,17). The van der Waals surface area contributed by atoms with Crippen molar-refractivity contribution in [3.05, 3.63) is 48.0 Å². The lowest BCUT2D eigenvalue weighted by Gasteiger charge is -1.95. The SMILES string of the molecule is c1ccc2[nH]c(-c3cnc4sccc4c3)nc2c1. The summed E-state index contributed by atoms with van der Waals surface area (Å²) >= 11 is 1.65. The lowest BCUT2D eigenvalue weighted by Crippen LogP contribution is -1.81. The van der Waals surface area contributed by atoms with Crippen LogP contribution in [0.2, 0.25) is 0 Å². The van der Waals surface area contributed by atoms with Crippen LogP contribution in [0.3, 0.4) is 0 Å². The van der Waals surface area contributed by atoms with Gasteiger partial charge in [-0.2, -0.15) is 0 Å². The number of aromatic amines is 1. The summed E-state index contributed by atoms with van der Waals surface area (Å²) in [5.74, 6) is 0.872. The van der Waals surface area contributed by atoms with Gasteiger partial charge in [-0.3, -0.25) is 0 Å². The number of thiophene rings is 1. The number of nitrogens with zero attached hydrogens (tertiary/aromatic N) is 2. The van der Waals surface area contributed by atoms with Crippen molar-refractivity contribution in [3.8, 4) is 11.4 Å². The van der Waals surface area contributed by atoms with E-state index in [1.165, 1.54) is 0 Å². The molecule has 18 heavy (non-hydrogen) atoms. The summed E-state index contributed by atoms with van der Waals surface area (Å²) in [4.78, 5) is 13.4. The van der Waals surface area contributed by atoms with E-state index in [1.807, 2.05) is 30.5 Å². The van der Waals surface area contributed by atoms with Crippen molar-refractivity contribution in [2.24, 2.45) is 0 Å². The molecule has 1 aromatic carbocycles. The van der Waals surface area contributed by atoms with Crippen LogP contribution in [0.1, 0.15) is 0 Å². The second-order valence-corrected chi connectivity index (χ2v) is 5.04. The first-order valence-electron chi connectivity index (χ1n) is 5.68. The third-order valence-corrected chi connectivity index (χ3v) is 3.81. The largest absolute Gasteiger partial charge is 0.338 e. The number of benzene rings is 1. The van der Waals surface area contributed by atoms with Gasteiger partial charge in [0.15, 0.2) is 0 Å². The Bertz CT molecular complexity index is 811. The Kier molecular flexibility index (Phi) is 1.98. The second kappa shape index (κ2) is 3.65. The highest BCUT2D eigenvalue weighted by Crippen LogP contribution is 2.25. The van der Waals surface area contributed by atoms with Gasteiger partial charge >= 0.3 is 0 Å². The molecule has 3 aromatic heterocycles. The van der Waals surface area contributed by atoms with E-state index in [0.717, 1.165) is 32.6 Å². The molecule has 0 saturated heterocycles. The molecule has 0 aliphatic rings. The maximum atomic E-state index is 4.58. The van der Waals surface area contributed by atoms with Crippen molar-refractivity contribution in [1.82, 2.24) is 15.0 Å². The van der Waals surface area contributed by atoms with Crippen LogP contribution in [0.5, 0.6) is 0 Å². The molecule has 0 saturated carbocycles. The molecule has 0 fully saturated rings. The first kappa shape index (κ1) is 9.79. The molecule has 0 atom stereocenters. The fraction of sp³-hybridized carbons (Fsp3) is 0. The Balaban J connectivity index is 1.94. The number of imidazole rings is 1. The molecule has 0 aliphatic carbocycles. The summed E-state index contributed by atoms with van der Waals surface area (Å²) in [6.07, 6.45) is 1.87. The first-order chi connectivity index (χ1) is 8.90. The molecule has 0 unspecified atom stereocenters. The zero-order valence-corrected chi connectivity index (χ0v) is 10.2. The molecule has 0 radical (unpaired) electrons. The molecular weight excluding hydrogens is 242 g/mol. The maximum Gasteiger partial charge on any atom is 0.140 e. The van der Waals surface area contributed by atoms with Gasteiger partial charge in [0.05, 0.1) is 11.0 Å². The summed E-state index contributed by atoms with van der Waals surface area (Å²) < 4.78 is 0. The number of hydrogen-bond donors (Lipinski definition) is 1. The molecular formula is C14H9N3S. The molecule has 4 heteroatoms. The summed E-state index contributed by atoms with van der Waals surface area (Å²) in [7, 11) is 0. The van der Waals surface area contributed by atoms with Crippen LogP contribution in [0, 0.1) is 0 Å². The molecule has 4 rings (SSSR count). The Morgan fingerprint density at radius 2 is 2.06 bits per heavy atom. The number of rotatable bonds is 1. The predicted octanol–water partition coefficient (Wildman–Crippen LogP) is 3.84. The number of nitrogens with one attached hydrogen (secondary N) is 1. The Morgan fingerprint density at radius 1 is 1.11 bits per heavy atom. The first-order valence-corrected chi connectivity index (χ1v) is 6.56. The van der Waals surface area contributed by atoms with Gasteiger partial charge < -0.3 is 4.98 Å². The summed E-state index contributed by atoms with van der Waals surface area (Å²) in [5.41, 5.74) is 3.06. The Labute approximate surface area is 107 Å². The van der Waals surface area contributed by atoms with Gasteiger partial charge in [0, 0.05) is 17.1 Å². The van der Waals surface area contributed by atoms with Gasteiger partial charge in [0.25, 0.3) is 0 Å². The molecule has 3 nitrogen and oxygen atoms in total. The molecule has 0 bridgehead atoms. The van der Waals surface area contributed by atoms with Crippen LogP contribution >= 0.6 is 11.3 Å². The van der Waals surface area contributed by atoms with E-state index in [0.29, 0.717) is 0 Å². The number of hydrogen-bond acceptors (Lipinski definition) is 3. The highest BCUT2D eigenvalue weighted by atomic mass is 32.1. The normalized spacial score (nSPS) is 11.3. The Morgan fingerprint density at radius 3 is 3.00 bits per heavy atom. The smallest absolute Gasteiger partial charge is 0.140 e. The lowest BCUT2D eigenvalue weighted by atomic mass is 10.2. The highest BCUT2D eigenvalue weighted by Gasteiger charge is 2.06. The van der Waals surface area contributed by atoms with Crippen molar-refractivity contribution in [3.63, 3.8) is 0 Å². The highest BCUT2D eigenvalue weighted by molar-refractivity contribution is 7.16. The average Bonchev–Trinajstić information content (AvgIpc) is 3.04. The van der Waals surface area contributed by atoms with Gasteiger partial charge in [0.2, 0.25) is 0 Å². The fourth-order valence-corrected chi connectivity index (χ4v) is 2.80. The number of pyridine rings is 1. The van der Waals surface area contributed by atoms with E-state index in [1.54, 1.807) is 11.3 Å².